The fourth-order valence-corrected chi connectivity index (χ4v) is 3.00. The molecule has 0 radical (unpaired) electrons. The number of esters is 1. The Hall–Kier alpha value is -3.35. The van der Waals surface area contributed by atoms with E-state index in [9.17, 15) is 14.4 Å². The van der Waals surface area contributed by atoms with Crippen molar-refractivity contribution >= 4 is 23.5 Å². The Balaban J connectivity index is 2.06. The molecule has 0 spiro atoms. The number of ether oxygens (including phenoxy) is 2. The van der Waals surface area contributed by atoms with Crippen molar-refractivity contribution in [3.63, 3.8) is 0 Å². The molecule has 2 rings (SSSR count). The zero-order chi connectivity index (χ0) is 23.1. The first-order valence-electron chi connectivity index (χ1n) is 10.2. The summed E-state index contributed by atoms with van der Waals surface area (Å²) >= 11 is 0. The van der Waals surface area contributed by atoms with E-state index in [2.05, 4.69) is 10.6 Å². The van der Waals surface area contributed by atoms with Crippen molar-refractivity contribution in [2.45, 2.75) is 46.8 Å². The summed E-state index contributed by atoms with van der Waals surface area (Å²) in [6.07, 6.45) is -1.06. The lowest BCUT2D eigenvalue weighted by Gasteiger charge is -2.23. The van der Waals surface area contributed by atoms with Crippen LogP contribution in [0.4, 0.5) is 5.69 Å². The van der Waals surface area contributed by atoms with Gasteiger partial charge in [0, 0.05) is 5.56 Å². The van der Waals surface area contributed by atoms with Gasteiger partial charge in [0.2, 0.25) is 0 Å². The molecule has 0 aromatic heterocycles. The molecule has 7 nitrogen and oxygen atoms in total. The summed E-state index contributed by atoms with van der Waals surface area (Å²) in [5.41, 5.74) is 2.72. The van der Waals surface area contributed by atoms with Crippen molar-refractivity contribution in [1.29, 1.82) is 0 Å². The Kier molecular flexibility index (Phi) is 8.19. The SMILES string of the molecule is COc1ccc(C)cc1NC(=O)[C@H](C)OC(=O)[C@@H](NC(=O)c1ccccc1C)C(C)C. The molecule has 0 saturated heterocycles. The lowest BCUT2D eigenvalue weighted by molar-refractivity contribution is -0.156. The van der Waals surface area contributed by atoms with E-state index in [1.165, 1.54) is 14.0 Å². The van der Waals surface area contributed by atoms with Crippen LogP contribution >= 0.6 is 0 Å². The van der Waals surface area contributed by atoms with Gasteiger partial charge in [-0.1, -0.05) is 38.1 Å². The fourth-order valence-electron chi connectivity index (χ4n) is 3.00. The lowest BCUT2D eigenvalue weighted by Crippen LogP contribution is -2.47. The van der Waals surface area contributed by atoms with Crippen molar-refractivity contribution in [3.8, 4) is 5.75 Å². The number of anilines is 1. The van der Waals surface area contributed by atoms with Gasteiger partial charge in [-0.05, 0) is 56.0 Å². The van der Waals surface area contributed by atoms with Crippen LogP contribution in [0.2, 0.25) is 0 Å². The smallest absolute Gasteiger partial charge is 0.329 e. The largest absolute Gasteiger partial charge is 0.495 e. The predicted molar refractivity (Wildman–Crippen MR) is 119 cm³/mol. The van der Waals surface area contributed by atoms with E-state index in [1.54, 1.807) is 38.1 Å². The van der Waals surface area contributed by atoms with Gasteiger partial charge in [-0.15, -0.1) is 0 Å². The zero-order valence-corrected chi connectivity index (χ0v) is 18.8. The van der Waals surface area contributed by atoms with Gasteiger partial charge in [-0.25, -0.2) is 4.79 Å². The highest BCUT2D eigenvalue weighted by Crippen LogP contribution is 2.25. The molecule has 0 unspecified atom stereocenters. The summed E-state index contributed by atoms with van der Waals surface area (Å²) in [6, 6.07) is 11.6. The molecule has 0 fully saturated rings. The van der Waals surface area contributed by atoms with Gasteiger partial charge in [-0.2, -0.15) is 0 Å². The predicted octanol–water partition coefficient (Wildman–Crippen LogP) is 3.64. The van der Waals surface area contributed by atoms with Crippen LogP contribution in [0, 0.1) is 19.8 Å². The van der Waals surface area contributed by atoms with E-state index < -0.39 is 24.0 Å². The zero-order valence-electron chi connectivity index (χ0n) is 18.8. The number of rotatable bonds is 8. The number of amides is 2. The second-order valence-electron chi connectivity index (χ2n) is 7.78. The molecule has 0 aliphatic heterocycles. The quantitative estimate of drug-likeness (QED) is 0.629. The minimum Gasteiger partial charge on any atom is -0.495 e. The third-order valence-corrected chi connectivity index (χ3v) is 4.87. The summed E-state index contributed by atoms with van der Waals surface area (Å²) in [5.74, 6) is -1.26. The molecule has 166 valence electrons. The second-order valence-corrected chi connectivity index (χ2v) is 7.78. The highest BCUT2D eigenvalue weighted by molar-refractivity contribution is 5.99. The molecule has 31 heavy (non-hydrogen) atoms. The van der Waals surface area contributed by atoms with Crippen molar-refractivity contribution in [2.24, 2.45) is 5.92 Å². The Morgan fingerprint density at radius 3 is 2.26 bits per heavy atom. The topological polar surface area (TPSA) is 93.7 Å². The Bertz CT molecular complexity index is 955. The lowest BCUT2D eigenvalue weighted by atomic mass is 10.0. The highest BCUT2D eigenvalue weighted by Gasteiger charge is 2.29. The van der Waals surface area contributed by atoms with E-state index in [0.717, 1.165) is 11.1 Å². The molecule has 0 saturated carbocycles. The molecule has 0 heterocycles. The van der Waals surface area contributed by atoms with Crippen LogP contribution in [0.25, 0.3) is 0 Å². The summed E-state index contributed by atoms with van der Waals surface area (Å²) in [4.78, 5) is 38.0. The maximum Gasteiger partial charge on any atom is 0.329 e. The van der Waals surface area contributed by atoms with Crippen LogP contribution in [0.3, 0.4) is 0 Å². The maximum absolute atomic E-state index is 12.7. The van der Waals surface area contributed by atoms with Gasteiger partial charge >= 0.3 is 5.97 Å². The van der Waals surface area contributed by atoms with Crippen LogP contribution in [-0.4, -0.2) is 37.0 Å². The Labute approximate surface area is 183 Å². The van der Waals surface area contributed by atoms with E-state index in [0.29, 0.717) is 17.0 Å². The summed E-state index contributed by atoms with van der Waals surface area (Å²) < 4.78 is 10.6. The average molecular weight is 427 g/mol. The van der Waals surface area contributed by atoms with E-state index in [-0.39, 0.29) is 11.8 Å². The number of carbonyl (C=O) groups excluding carboxylic acids is 3. The summed E-state index contributed by atoms with van der Waals surface area (Å²) in [7, 11) is 1.51. The second kappa shape index (κ2) is 10.6. The maximum atomic E-state index is 12.7. The first kappa shape index (κ1) is 23.9. The molecule has 2 aromatic rings. The van der Waals surface area contributed by atoms with E-state index in [1.807, 2.05) is 32.0 Å². The van der Waals surface area contributed by atoms with Gasteiger partial charge in [0.1, 0.15) is 11.8 Å². The van der Waals surface area contributed by atoms with Crippen LogP contribution in [0.15, 0.2) is 42.5 Å². The molecule has 2 aromatic carbocycles. The number of methoxy groups -OCH3 is 1. The molecule has 7 heteroatoms. The first-order valence-corrected chi connectivity index (χ1v) is 10.2. The van der Waals surface area contributed by atoms with Crippen LogP contribution in [0.5, 0.6) is 5.75 Å². The molecular weight excluding hydrogens is 396 g/mol. The van der Waals surface area contributed by atoms with E-state index >= 15 is 0 Å². The van der Waals surface area contributed by atoms with Crippen LogP contribution < -0.4 is 15.4 Å². The van der Waals surface area contributed by atoms with Crippen molar-refractivity contribution in [3.05, 3.63) is 59.2 Å². The monoisotopic (exact) mass is 426 g/mol. The number of benzene rings is 2. The molecule has 2 amide bonds. The molecule has 2 atom stereocenters. The number of carbonyl (C=O) groups is 3. The first-order chi connectivity index (χ1) is 14.6. The Morgan fingerprint density at radius 2 is 1.65 bits per heavy atom. The molecular formula is C24H30N2O5. The standard InChI is InChI=1S/C24H30N2O5/c1-14(2)21(26-23(28)18-10-8-7-9-16(18)4)24(29)31-17(5)22(27)25-19-13-15(3)11-12-20(19)30-6/h7-14,17,21H,1-6H3,(H,25,27)(H,26,28)/t17-,21-/m0/s1. The number of hydrogen-bond donors (Lipinski definition) is 2. The third kappa shape index (κ3) is 6.31. The normalized spacial score (nSPS) is 12.6. The third-order valence-electron chi connectivity index (χ3n) is 4.87. The van der Waals surface area contributed by atoms with Crippen LogP contribution in [-0.2, 0) is 14.3 Å². The summed E-state index contributed by atoms with van der Waals surface area (Å²) in [5, 5.41) is 5.45. The van der Waals surface area contributed by atoms with Crippen LogP contribution in [0.1, 0.15) is 42.3 Å². The minimum absolute atomic E-state index is 0.229. The van der Waals surface area contributed by atoms with Crippen molar-refractivity contribution in [1.82, 2.24) is 5.32 Å². The Morgan fingerprint density at radius 1 is 0.968 bits per heavy atom. The molecule has 0 aliphatic carbocycles. The van der Waals surface area contributed by atoms with Gasteiger partial charge in [0.15, 0.2) is 6.10 Å². The van der Waals surface area contributed by atoms with Crippen molar-refractivity contribution < 1.29 is 23.9 Å². The molecule has 2 N–H and O–H groups in total. The van der Waals surface area contributed by atoms with E-state index in [4.69, 9.17) is 9.47 Å². The van der Waals surface area contributed by atoms with Gasteiger partial charge in [0.05, 0.1) is 12.8 Å². The van der Waals surface area contributed by atoms with Crippen molar-refractivity contribution in [2.75, 3.05) is 12.4 Å². The average Bonchev–Trinajstić information content (AvgIpc) is 2.71. The molecule has 0 bridgehead atoms. The van der Waals surface area contributed by atoms with Gasteiger partial charge in [-0.3, -0.25) is 9.59 Å². The van der Waals surface area contributed by atoms with Gasteiger partial charge in [0.25, 0.3) is 11.8 Å². The fraction of sp³-hybridized carbons (Fsp3) is 0.375. The molecule has 0 aliphatic rings. The van der Waals surface area contributed by atoms with Gasteiger partial charge < -0.3 is 20.1 Å². The number of hydrogen-bond acceptors (Lipinski definition) is 5. The summed E-state index contributed by atoms with van der Waals surface area (Å²) in [6.45, 7) is 8.79. The highest BCUT2D eigenvalue weighted by atomic mass is 16.5. The number of aryl methyl sites for hydroxylation is 2. The number of nitrogens with one attached hydrogen (secondary N) is 2. The minimum atomic E-state index is -1.06.